The van der Waals surface area contributed by atoms with Crippen molar-refractivity contribution in [3.63, 3.8) is 0 Å². The van der Waals surface area contributed by atoms with Gasteiger partial charge in [0.25, 0.3) is 0 Å². The number of primary amides is 1. The van der Waals surface area contributed by atoms with Gasteiger partial charge in [-0.05, 0) is 43.2 Å². The number of carbonyl (C=O) groups excluding carboxylic acids is 2. The molecule has 0 saturated carbocycles. The summed E-state index contributed by atoms with van der Waals surface area (Å²) >= 11 is 2.58. The number of thiazole rings is 1. The normalized spacial score (nSPS) is 11.0. The average molecular weight is 483 g/mol. The Kier molecular flexibility index (Phi) is 6.90. The van der Waals surface area contributed by atoms with Gasteiger partial charge in [-0.1, -0.05) is 23.9 Å². The van der Waals surface area contributed by atoms with Gasteiger partial charge >= 0.3 is 0 Å². The Balaban J connectivity index is 1.41. The molecule has 2 amide bonds. The number of rotatable bonds is 9. The van der Waals surface area contributed by atoms with E-state index in [2.05, 4.69) is 46.5 Å². The molecule has 0 saturated heterocycles. The number of anilines is 1. The Labute approximate surface area is 198 Å². The summed E-state index contributed by atoms with van der Waals surface area (Å²) in [5.74, 6) is 0.439. The monoisotopic (exact) mass is 482 g/mol. The number of carbonyl (C=O) groups is 2. The molecule has 9 nitrogen and oxygen atoms in total. The predicted molar refractivity (Wildman–Crippen MR) is 128 cm³/mol. The number of thioether (sulfide) groups is 1. The maximum Gasteiger partial charge on any atom is 0.236 e. The number of hydrogen-bond donors (Lipinski definition) is 2. The third-order valence-electron chi connectivity index (χ3n) is 4.93. The highest BCUT2D eigenvalue weighted by Gasteiger charge is 2.18. The van der Waals surface area contributed by atoms with Crippen LogP contribution in [0.4, 0.5) is 5.13 Å². The molecule has 0 aliphatic carbocycles. The summed E-state index contributed by atoms with van der Waals surface area (Å²) in [6.45, 7) is 4.41. The summed E-state index contributed by atoms with van der Waals surface area (Å²) in [5.41, 5.74) is 9.55. The van der Waals surface area contributed by atoms with E-state index in [4.69, 9.17) is 10.2 Å². The summed E-state index contributed by atoms with van der Waals surface area (Å²) in [6, 6.07) is 9.66. The molecule has 0 aliphatic rings. The Morgan fingerprint density at radius 3 is 2.79 bits per heavy atom. The number of aryl methyl sites for hydroxylation is 2. The van der Waals surface area contributed by atoms with Crippen LogP contribution >= 0.6 is 23.1 Å². The first kappa shape index (κ1) is 22.7. The van der Waals surface area contributed by atoms with E-state index < -0.39 is 5.91 Å². The van der Waals surface area contributed by atoms with Crippen LogP contribution in [0.3, 0.4) is 0 Å². The third-order valence-corrected chi connectivity index (χ3v) is 6.65. The number of hydrogen-bond acceptors (Lipinski definition) is 8. The molecule has 3 N–H and O–H groups in total. The molecule has 11 heteroatoms. The van der Waals surface area contributed by atoms with E-state index in [0.717, 1.165) is 11.3 Å². The maximum absolute atomic E-state index is 12.5. The van der Waals surface area contributed by atoms with Gasteiger partial charge in [0, 0.05) is 23.9 Å². The number of nitrogens with two attached hydrogens (primary N) is 1. The van der Waals surface area contributed by atoms with Crippen molar-refractivity contribution in [2.24, 2.45) is 5.73 Å². The van der Waals surface area contributed by atoms with E-state index in [0.29, 0.717) is 21.9 Å². The molecule has 0 spiro atoms. The average Bonchev–Trinajstić information content (AvgIpc) is 3.53. The van der Waals surface area contributed by atoms with Crippen molar-refractivity contribution in [1.29, 1.82) is 0 Å². The minimum atomic E-state index is -0.439. The van der Waals surface area contributed by atoms with E-state index >= 15 is 0 Å². The molecule has 0 unspecified atom stereocenters. The Bertz CT molecular complexity index is 1280. The second-order valence-corrected chi connectivity index (χ2v) is 9.13. The molecule has 0 atom stereocenters. The Hall–Kier alpha value is -3.44. The van der Waals surface area contributed by atoms with Crippen molar-refractivity contribution in [2.45, 2.75) is 32.0 Å². The fraction of sp³-hybridized carbons (Fsp3) is 0.227. The Morgan fingerprint density at radius 2 is 2.06 bits per heavy atom. The van der Waals surface area contributed by atoms with Crippen LogP contribution in [0.1, 0.15) is 17.5 Å². The van der Waals surface area contributed by atoms with Crippen LogP contribution < -0.4 is 11.1 Å². The van der Waals surface area contributed by atoms with Gasteiger partial charge in [-0.25, -0.2) is 4.98 Å². The van der Waals surface area contributed by atoms with Gasteiger partial charge in [0.15, 0.2) is 21.9 Å². The van der Waals surface area contributed by atoms with E-state index in [1.165, 1.54) is 40.5 Å². The second kappa shape index (κ2) is 10.0. The standard InChI is InChI=1S/C22H22N6O3S2/c1-13-5-6-15(10-14(13)2)16-11-32-21(24-16)25-19(30)12-33-22-27-26-20(17-4-3-9-31-17)28(22)8-7-18(23)29/h3-6,9-11H,7-8,12H2,1-2H3,(H2,23,29)(H,24,25,30). The van der Waals surface area contributed by atoms with E-state index in [1.54, 1.807) is 16.7 Å². The molecular weight excluding hydrogens is 460 g/mol. The van der Waals surface area contributed by atoms with Crippen molar-refractivity contribution in [1.82, 2.24) is 19.7 Å². The lowest BCUT2D eigenvalue weighted by atomic mass is 10.1. The molecule has 170 valence electrons. The van der Waals surface area contributed by atoms with Crippen LogP contribution in [0, 0.1) is 13.8 Å². The summed E-state index contributed by atoms with van der Waals surface area (Å²) in [6.07, 6.45) is 1.65. The van der Waals surface area contributed by atoms with Crippen molar-refractivity contribution in [3.05, 3.63) is 53.1 Å². The first-order valence-corrected chi connectivity index (χ1v) is 12.0. The van der Waals surface area contributed by atoms with Crippen LogP contribution in [0.5, 0.6) is 0 Å². The van der Waals surface area contributed by atoms with Gasteiger partial charge in [0.1, 0.15) is 0 Å². The van der Waals surface area contributed by atoms with Gasteiger partial charge in [0.2, 0.25) is 11.8 Å². The number of furan rings is 1. The molecule has 33 heavy (non-hydrogen) atoms. The molecule has 1 aromatic carbocycles. The summed E-state index contributed by atoms with van der Waals surface area (Å²) in [7, 11) is 0. The highest BCUT2D eigenvalue weighted by molar-refractivity contribution is 7.99. The van der Waals surface area contributed by atoms with Crippen LogP contribution in [0.25, 0.3) is 22.8 Å². The largest absolute Gasteiger partial charge is 0.461 e. The predicted octanol–water partition coefficient (Wildman–Crippen LogP) is 3.88. The zero-order chi connectivity index (χ0) is 23.4. The van der Waals surface area contributed by atoms with Gasteiger partial charge in [-0.15, -0.1) is 21.5 Å². The number of amides is 2. The van der Waals surface area contributed by atoms with Gasteiger partial charge in [-0.3, -0.25) is 14.2 Å². The molecule has 0 aliphatic heterocycles. The van der Waals surface area contributed by atoms with E-state index in [9.17, 15) is 9.59 Å². The summed E-state index contributed by atoms with van der Waals surface area (Å²) in [4.78, 5) is 28.3. The lowest BCUT2D eigenvalue weighted by molar-refractivity contribution is -0.118. The quantitative estimate of drug-likeness (QED) is 0.346. The molecule has 0 fully saturated rings. The molecule has 0 bridgehead atoms. The molecule has 4 aromatic rings. The van der Waals surface area contributed by atoms with Gasteiger partial charge in [-0.2, -0.15) is 0 Å². The molecule has 3 aromatic heterocycles. The molecule has 3 heterocycles. The molecule has 4 rings (SSSR count). The Morgan fingerprint density at radius 1 is 1.21 bits per heavy atom. The number of nitrogens with zero attached hydrogens (tertiary/aromatic N) is 4. The minimum absolute atomic E-state index is 0.103. The fourth-order valence-corrected chi connectivity index (χ4v) is 4.56. The number of aromatic nitrogens is 4. The summed E-state index contributed by atoms with van der Waals surface area (Å²) in [5, 5.41) is 14.1. The van der Waals surface area contributed by atoms with Gasteiger partial charge < -0.3 is 15.5 Å². The molecule has 0 radical (unpaired) electrons. The maximum atomic E-state index is 12.5. The highest BCUT2D eigenvalue weighted by Crippen LogP contribution is 2.28. The van der Waals surface area contributed by atoms with Crippen molar-refractivity contribution in [3.8, 4) is 22.8 Å². The fourth-order valence-electron chi connectivity index (χ4n) is 3.06. The van der Waals surface area contributed by atoms with Crippen LogP contribution in [0.15, 0.2) is 51.5 Å². The highest BCUT2D eigenvalue weighted by atomic mass is 32.2. The number of nitrogens with one attached hydrogen (secondary N) is 1. The smallest absolute Gasteiger partial charge is 0.236 e. The SMILES string of the molecule is Cc1ccc(-c2csc(NC(=O)CSc3nnc(-c4ccco4)n3CCC(N)=O)n2)cc1C. The van der Waals surface area contributed by atoms with Crippen molar-refractivity contribution >= 4 is 40.0 Å². The van der Waals surface area contributed by atoms with Crippen molar-refractivity contribution < 1.29 is 14.0 Å². The second-order valence-electron chi connectivity index (χ2n) is 7.33. The van der Waals surface area contributed by atoms with Crippen molar-refractivity contribution in [2.75, 3.05) is 11.1 Å². The molecular formula is C22H22N6O3S2. The van der Waals surface area contributed by atoms with Crippen LogP contribution in [0.2, 0.25) is 0 Å². The zero-order valence-electron chi connectivity index (χ0n) is 18.1. The van der Waals surface area contributed by atoms with Crippen LogP contribution in [-0.2, 0) is 16.1 Å². The van der Waals surface area contributed by atoms with Gasteiger partial charge in [0.05, 0.1) is 17.7 Å². The third kappa shape index (κ3) is 5.49. The first-order chi connectivity index (χ1) is 15.9. The summed E-state index contributed by atoms with van der Waals surface area (Å²) < 4.78 is 7.13. The van der Waals surface area contributed by atoms with E-state index in [-0.39, 0.29) is 24.6 Å². The van der Waals surface area contributed by atoms with E-state index in [1.807, 2.05) is 11.4 Å². The topological polar surface area (TPSA) is 129 Å². The minimum Gasteiger partial charge on any atom is -0.461 e. The number of benzene rings is 1. The lowest BCUT2D eigenvalue weighted by Crippen LogP contribution is -2.16. The lowest BCUT2D eigenvalue weighted by Gasteiger charge is -2.07. The zero-order valence-corrected chi connectivity index (χ0v) is 19.7. The van der Waals surface area contributed by atoms with Crippen LogP contribution in [-0.4, -0.2) is 37.3 Å². The first-order valence-electron chi connectivity index (χ1n) is 10.1.